The summed E-state index contributed by atoms with van der Waals surface area (Å²) in [5.41, 5.74) is 3.74. The van der Waals surface area contributed by atoms with Gasteiger partial charge in [-0.2, -0.15) is 0 Å². The highest BCUT2D eigenvalue weighted by Gasteiger charge is 2.37. The molecule has 150 valence electrons. The van der Waals surface area contributed by atoms with Gasteiger partial charge in [0.2, 0.25) is 10.0 Å². The van der Waals surface area contributed by atoms with E-state index in [1.54, 1.807) is 12.1 Å². The average Bonchev–Trinajstić information content (AvgIpc) is 3.10. The first kappa shape index (κ1) is 20.6. The number of nitrogens with zero attached hydrogens (tertiary/aromatic N) is 1. The molecule has 0 bridgehead atoms. The van der Waals surface area contributed by atoms with E-state index in [1.807, 2.05) is 12.1 Å². The van der Waals surface area contributed by atoms with Crippen molar-refractivity contribution in [1.29, 1.82) is 0 Å². The second-order valence-electron chi connectivity index (χ2n) is 7.46. The predicted molar refractivity (Wildman–Crippen MR) is 120 cm³/mol. The molecule has 28 heavy (non-hydrogen) atoms. The van der Waals surface area contributed by atoms with Crippen LogP contribution in [0.25, 0.3) is 0 Å². The number of rotatable bonds is 5. The Morgan fingerprint density at radius 1 is 1.11 bits per heavy atom. The molecule has 2 N–H and O–H groups in total. The standard InChI is InChI=1S/C21H27N3O2S2/c1-16-9-4-5-12-19(16)21(13-6-7-14-21)23-20(27)22-17-10-8-11-18(15-17)24(2)28(3,25)26/h4-5,8-12,15H,6-7,13-14H2,1-3H3,(H2,22,23,27). The van der Waals surface area contributed by atoms with Crippen molar-refractivity contribution in [1.82, 2.24) is 5.32 Å². The third kappa shape index (κ3) is 4.47. The zero-order valence-electron chi connectivity index (χ0n) is 16.5. The molecule has 1 aliphatic rings. The van der Waals surface area contributed by atoms with E-state index in [2.05, 4.69) is 41.8 Å². The molecule has 0 unspecified atom stereocenters. The molecule has 0 spiro atoms. The maximum Gasteiger partial charge on any atom is 0.231 e. The first-order valence-corrected chi connectivity index (χ1v) is 11.7. The molecule has 0 aliphatic heterocycles. The number of hydrogen-bond acceptors (Lipinski definition) is 3. The van der Waals surface area contributed by atoms with Gasteiger partial charge in [-0.05, 0) is 61.3 Å². The van der Waals surface area contributed by atoms with E-state index in [9.17, 15) is 8.42 Å². The van der Waals surface area contributed by atoms with Crippen molar-refractivity contribution in [3.05, 3.63) is 59.7 Å². The Morgan fingerprint density at radius 3 is 2.43 bits per heavy atom. The van der Waals surface area contributed by atoms with Gasteiger partial charge in [-0.3, -0.25) is 4.31 Å². The van der Waals surface area contributed by atoms with Crippen LogP contribution in [0.1, 0.15) is 36.8 Å². The van der Waals surface area contributed by atoms with Crippen LogP contribution in [0.5, 0.6) is 0 Å². The summed E-state index contributed by atoms with van der Waals surface area (Å²) >= 11 is 5.62. The summed E-state index contributed by atoms with van der Waals surface area (Å²) < 4.78 is 24.8. The highest BCUT2D eigenvalue weighted by atomic mass is 32.2. The monoisotopic (exact) mass is 417 g/mol. The van der Waals surface area contributed by atoms with Gasteiger partial charge in [-0.1, -0.05) is 43.2 Å². The molecule has 2 aromatic carbocycles. The highest BCUT2D eigenvalue weighted by molar-refractivity contribution is 7.92. The van der Waals surface area contributed by atoms with Gasteiger partial charge < -0.3 is 10.6 Å². The lowest BCUT2D eigenvalue weighted by Gasteiger charge is -2.34. The van der Waals surface area contributed by atoms with Crippen molar-refractivity contribution in [2.45, 2.75) is 38.1 Å². The summed E-state index contributed by atoms with van der Waals surface area (Å²) in [5.74, 6) is 0. The fourth-order valence-electron chi connectivity index (χ4n) is 3.90. The summed E-state index contributed by atoms with van der Waals surface area (Å²) in [6, 6.07) is 15.7. The number of anilines is 2. The molecular weight excluding hydrogens is 390 g/mol. The predicted octanol–water partition coefficient (Wildman–Crippen LogP) is 4.15. The van der Waals surface area contributed by atoms with Gasteiger partial charge in [-0.15, -0.1) is 0 Å². The minimum Gasteiger partial charge on any atom is -0.353 e. The van der Waals surface area contributed by atoms with Crippen LogP contribution in [0.3, 0.4) is 0 Å². The molecule has 1 fully saturated rings. The second-order valence-corrected chi connectivity index (χ2v) is 9.89. The van der Waals surface area contributed by atoms with E-state index < -0.39 is 10.0 Å². The Balaban J connectivity index is 1.79. The maximum absolute atomic E-state index is 11.8. The van der Waals surface area contributed by atoms with Crippen molar-refractivity contribution in [2.75, 3.05) is 22.9 Å². The molecule has 0 saturated heterocycles. The van der Waals surface area contributed by atoms with Crippen LogP contribution >= 0.6 is 12.2 Å². The summed E-state index contributed by atoms with van der Waals surface area (Å²) in [4.78, 5) is 0. The van der Waals surface area contributed by atoms with E-state index in [1.165, 1.54) is 41.6 Å². The lowest BCUT2D eigenvalue weighted by Crippen LogP contribution is -2.46. The zero-order valence-corrected chi connectivity index (χ0v) is 18.2. The van der Waals surface area contributed by atoms with Gasteiger partial charge in [0, 0.05) is 12.7 Å². The lowest BCUT2D eigenvalue weighted by atomic mass is 9.85. The topological polar surface area (TPSA) is 61.4 Å². The largest absolute Gasteiger partial charge is 0.353 e. The summed E-state index contributed by atoms with van der Waals surface area (Å²) in [6.07, 6.45) is 5.59. The van der Waals surface area contributed by atoms with Gasteiger partial charge in [0.05, 0.1) is 17.5 Å². The molecule has 1 saturated carbocycles. The van der Waals surface area contributed by atoms with Crippen molar-refractivity contribution in [3.8, 4) is 0 Å². The van der Waals surface area contributed by atoms with Crippen molar-refractivity contribution in [3.63, 3.8) is 0 Å². The van der Waals surface area contributed by atoms with E-state index in [4.69, 9.17) is 12.2 Å². The van der Waals surface area contributed by atoms with Crippen LogP contribution in [-0.2, 0) is 15.6 Å². The molecule has 5 nitrogen and oxygen atoms in total. The van der Waals surface area contributed by atoms with E-state index in [0.717, 1.165) is 18.5 Å². The summed E-state index contributed by atoms with van der Waals surface area (Å²) in [5, 5.41) is 7.34. The highest BCUT2D eigenvalue weighted by Crippen LogP contribution is 2.40. The third-order valence-corrected chi connectivity index (χ3v) is 6.85. The fraction of sp³-hybridized carbons (Fsp3) is 0.381. The van der Waals surface area contributed by atoms with Crippen molar-refractivity contribution >= 4 is 38.7 Å². The van der Waals surface area contributed by atoms with Gasteiger partial charge in [0.25, 0.3) is 0 Å². The normalized spacial score (nSPS) is 15.8. The molecule has 7 heteroatoms. The van der Waals surface area contributed by atoms with Crippen molar-refractivity contribution < 1.29 is 8.42 Å². The number of thiocarbonyl (C=S) groups is 1. The third-order valence-electron chi connectivity index (χ3n) is 5.44. The Bertz CT molecular complexity index is 967. The molecule has 2 aromatic rings. The Morgan fingerprint density at radius 2 is 1.79 bits per heavy atom. The summed E-state index contributed by atoms with van der Waals surface area (Å²) in [7, 11) is -1.77. The molecular formula is C21H27N3O2S2. The van der Waals surface area contributed by atoms with E-state index in [0.29, 0.717) is 10.8 Å². The Hall–Kier alpha value is -2.12. The second kappa shape index (κ2) is 8.09. The smallest absolute Gasteiger partial charge is 0.231 e. The number of hydrogen-bond donors (Lipinski definition) is 2. The van der Waals surface area contributed by atoms with Crippen LogP contribution in [0.4, 0.5) is 11.4 Å². The first-order valence-electron chi connectivity index (χ1n) is 9.40. The molecule has 0 atom stereocenters. The number of nitrogens with one attached hydrogen (secondary N) is 2. The molecule has 0 amide bonds. The van der Waals surface area contributed by atoms with E-state index in [-0.39, 0.29) is 5.54 Å². The molecule has 0 radical (unpaired) electrons. The Labute approximate surface area is 173 Å². The number of aryl methyl sites for hydroxylation is 1. The summed E-state index contributed by atoms with van der Waals surface area (Å²) in [6.45, 7) is 2.14. The first-order chi connectivity index (χ1) is 13.2. The van der Waals surface area contributed by atoms with Crippen LogP contribution in [0.2, 0.25) is 0 Å². The number of benzene rings is 2. The van der Waals surface area contributed by atoms with Gasteiger partial charge >= 0.3 is 0 Å². The van der Waals surface area contributed by atoms with Gasteiger partial charge in [-0.25, -0.2) is 8.42 Å². The van der Waals surface area contributed by atoms with Crippen molar-refractivity contribution in [2.24, 2.45) is 0 Å². The fourth-order valence-corrected chi connectivity index (χ4v) is 4.71. The van der Waals surface area contributed by atoms with Gasteiger partial charge in [0.15, 0.2) is 5.11 Å². The molecule has 1 aliphatic carbocycles. The molecule has 0 aromatic heterocycles. The van der Waals surface area contributed by atoms with Crippen LogP contribution in [0.15, 0.2) is 48.5 Å². The average molecular weight is 418 g/mol. The van der Waals surface area contributed by atoms with Crippen LogP contribution in [-0.4, -0.2) is 26.8 Å². The number of sulfonamides is 1. The lowest BCUT2D eigenvalue weighted by molar-refractivity contribution is 0.406. The molecule has 3 rings (SSSR count). The SMILES string of the molecule is Cc1ccccc1C1(NC(=S)Nc2cccc(N(C)S(C)(=O)=O)c2)CCCC1. The quantitative estimate of drug-likeness (QED) is 0.716. The van der Waals surface area contributed by atoms with Crippen LogP contribution in [0, 0.1) is 6.92 Å². The van der Waals surface area contributed by atoms with E-state index >= 15 is 0 Å². The minimum atomic E-state index is -3.31. The Kier molecular flexibility index (Phi) is 5.95. The van der Waals surface area contributed by atoms with Crippen LogP contribution < -0.4 is 14.9 Å². The maximum atomic E-state index is 11.8. The molecule has 0 heterocycles. The van der Waals surface area contributed by atoms with Gasteiger partial charge in [0.1, 0.15) is 0 Å². The zero-order chi connectivity index (χ0) is 20.4. The minimum absolute atomic E-state index is 0.156.